The summed E-state index contributed by atoms with van der Waals surface area (Å²) < 4.78 is 15.1. The van der Waals surface area contributed by atoms with Crippen LogP contribution in [0, 0.1) is 30.0 Å². The van der Waals surface area contributed by atoms with Crippen molar-refractivity contribution in [1.82, 2.24) is 14.8 Å². The Balaban J connectivity index is 0.00000324. The van der Waals surface area contributed by atoms with Crippen molar-refractivity contribution in [1.29, 1.82) is 5.26 Å². The van der Waals surface area contributed by atoms with Crippen LogP contribution in [0.15, 0.2) is 36.7 Å². The first-order chi connectivity index (χ1) is 15.8. The Hall–Kier alpha value is -3.38. The van der Waals surface area contributed by atoms with Crippen LogP contribution in [0.5, 0.6) is 0 Å². The molecule has 9 heteroatoms. The maximum absolute atomic E-state index is 13.4. The topological polar surface area (TPSA) is 86.8 Å². The Morgan fingerprint density at radius 3 is 2.74 bits per heavy atom. The molecule has 1 N–H and O–H groups in total. The SMILES string of the molecule is Cc1nc(CCc2cnn(Cc3ccc(F)cc3C#N)c2)cc2c1NC(=O)[C@H](C(C)C)N2C.S. The van der Waals surface area contributed by atoms with Gasteiger partial charge in [-0.2, -0.15) is 23.9 Å². The number of pyridine rings is 1. The second kappa shape index (κ2) is 10.3. The number of aryl methyl sites for hydroxylation is 3. The van der Waals surface area contributed by atoms with Gasteiger partial charge in [-0.3, -0.25) is 14.5 Å². The van der Waals surface area contributed by atoms with Gasteiger partial charge >= 0.3 is 0 Å². The zero-order valence-electron chi connectivity index (χ0n) is 19.8. The van der Waals surface area contributed by atoms with E-state index < -0.39 is 5.82 Å². The van der Waals surface area contributed by atoms with Gasteiger partial charge in [0.2, 0.25) is 5.91 Å². The molecule has 34 heavy (non-hydrogen) atoms. The molecule has 4 rings (SSSR count). The number of rotatable bonds is 6. The van der Waals surface area contributed by atoms with Crippen LogP contribution >= 0.6 is 13.5 Å². The van der Waals surface area contributed by atoms with E-state index in [-0.39, 0.29) is 31.4 Å². The van der Waals surface area contributed by atoms with Gasteiger partial charge in [0, 0.05) is 18.9 Å². The van der Waals surface area contributed by atoms with Gasteiger partial charge in [-0.05, 0) is 55.0 Å². The number of carbonyl (C=O) groups excluding carboxylic acids is 1. The molecule has 1 amide bonds. The lowest BCUT2D eigenvalue weighted by Crippen LogP contribution is -2.49. The summed E-state index contributed by atoms with van der Waals surface area (Å²) in [7, 11) is 1.96. The average molecular weight is 481 g/mol. The molecule has 3 aromatic rings. The molecule has 0 unspecified atom stereocenters. The lowest BCUT2D eigenvalue weighted by Gasteiger charge is -2.38. The van der Waals surface area contributed by atoms with Crippen LogP contribution in [0.4, 0.5) is 15.8 Å². The highest BCUT2D eigenvalue weighted by atomic mass is 32.1. The molecule has 1 aliphatic rings. The predicted molar refractivity (Wildman–Crippen MR) is 135 cm³/mol. The van der Waals surface area contributed by atoms with Gasteiger partial charge in [-0.15, -0.1) is 0 Å². The number of nitriles is 1. The van der Waals surface area contributed by atoms with Gasteiger partial charge in [0.15, 0.2) is 0 Å². The van der Waals surface area contributed by atoms with Gasteiger partial charge in [0.05, 0.1) is 41.4 Å². The Bertz CT molecular complexity index is 1250. The molecule has 1 aromatic carbocycles. The van der Waals surface area contributed by atoms with Crippen molar-refractivity contribution in [3.8, 4) is 6.07 Å². The summed E-state index contributed by atoms with van der Waals surface area (Å²) in [5, 5.41) is 16.7. The largest absolute Gasteiger partial charge is 0.361 e. The summed E-state index contributed by atoms with van der Waals surface area (Å²) in [6.07, 6.45) is 5.23. The highest BCUT2D eigenvalue weighted by Crippen LogP contribution is 2.35. The van der Waals surface area contributed by atoms with E-state index in [2.05, 4.69) is 16.5 Å². The fourth-order valence-corrected chi connectivity index (χ4v) is 4.41. The number of likely N-dealkylation sites (N-methyl/N-ethyl adjacent to an activating group) is 1. The van der Waals surface area contributed by atoms with Gasteiger partial charge in [0.25, 0.3) is 0 Å². The molecular formula is C25H29FN6OS. The quantitative estimate of drug-likeness (QED) is 0.577. The standard InChI is InChI=1S/C25H27FN6O.H2S/c1-15(2)24-25(33)30-23-16(3)29-21(10-22(23)31(24)4)8-5-17-12-28-32(13-17)14-18-6-7-20(26)9-19(18)11-27;/h6-7,9-10,12-13,15,24H,5,8,14H2,1-4H3,(H,30,33);1H2/t24-;/m0./s1. The fraction of sp³-hybridized carbons (Fsp3) is 0.360. The van der Waals surface area contributed by atoms with Crippen molar-refractivity contribution in [3.05, 3.63) is 70.6 Å². The van der Waals surface area contributed by atoms with Crippen LogP contribution in [0.3, 0.4) is 0 Å². The first kappa shape index (κ1) is 25.2. The van der Waals surface area contributed by atoms with E-state index >= 15 is 0 Å². The lowest BCUT2D eigenvalue weighted by molar-refractivity contribution is -0.118. The van der Waals surface area contributed by atoms with Crippen molar-refractivity contribution >= 4 is 30.8 Å². The number of halogens is 1. The molecule has 0 bridgehead atoms. The van der Waals surface area contributed by atoms with E-state index in [1.807, 2.05) is 51.2 Å². The van der Waals surface area contributed by atoms with Gasteiger partial charge < -0.3 is 10.2 Å². The number of nitrogens with zero attached hydrogens (tertiary/aromatic N) is 5. The van der Waals surface area contributed by atoms with Gasteiger partial charge in [-0.25, -0.2) is 4.39 Å². The number of hydrogen-bond acceptors (Lipinski definition) is 5. The van der Waals surface area contributed by atoms with Crippen LogP contribution in [0.25, 0.3) is 0 Å². The number of aromatic nitrogens is 3. The number of anilines is 2. The number of nitrogens with one attached hydrogen (secondary N) is 1. The third-order valence-corrected chi connectivity index (χ3v) is 6.06. The molecule has 0 saturated heterocycles. The number of carbonyl (C=O) groups is 1. The minimum atomic E-state index is -0.422. The van der Waals surface area contributed by atoms with E-state index in [0.717, 1.165) is 46.7 Å². The van der Waals surface area contributed by atoms with Crippen molar-refractivity contribution in [2.45, 2.75) is 46.2 Å². The molecule has 0 aliphatic carbocycles. The summed E-state index contributed by atoms with van der Waals surface area (Å²) in [5.74, 6) is -0.228. The lowest BCUT2D eigenvalue weighted by atomic mass is 9.97. The smallest absolute Gasteiger partial charge is 0.247 e. The highest BCUT2D eigenvalue weighted by molar-refractivity contribution is 7.59. The number of benzene rings is 1. The van der Waals surface area contributed by atoms with Gasteiger partial charge in [-0.1, -0.05) is 19.9 Å². The van der Waals surface area contributed by atoms with Crippen LogP contribution in [0.1, 0.15) is 41.9 Å². The van der Waals surface area contributed by atoms with Crippen LogP contribution in [-0.2, 0) is 24.2 Å². The Kier molecular flexibility index (Phi) is 7.62. The Labute approximate surface area is 206 Å². The maximum Gasteiger partial charge on any atom is 0.247 e. The van der Waals surface area contributed by atoms with Crippen molar-refractivity contribution in [3.63, 3.8) is 0 Å². The molecule has 1 atom stereocenters. The Morgan fingerprint density at radius 1 is 1.26 bits per heavy atom. The number of amides is 1. The highest BCUT2D eigenvalue weighted by Gasteiger charge is 2.34. The Morgan fingerprint density at radius 2 is 2.03 bits per heavy atom. The summed E-state index contributed by atoms with van der Waals surface area (Å²) in [6.45, 7) is 6.41. The summed E-state index contributed by atoms with van der Waals surface area (Å²) in [4.78, 5) is 19.3. The number of fused-ring (bicyclic) bond motifs is 1. The molecule has 2 aromatic heterocycles. The first-order valence-corrected chi connectivity index (χ1v) is 11.0. The average Bonchev–Trinajstić information content (AvgIpc) is 3.21. The van der Waals surface area contributed by atoms with E-state index in [9.17, 15) is 14.4 Å². The second-order valence-corrected chi connectivity index (χ2v) is 8.84. The molecule has 1 aliphatic heterocycles. The van der Waals surface area contributed by atoms with Crippen LogP contribution < -0.4 is 10.2 Å². The van der Waals surface area contributed by atoms with E-state index in [1.54, 1.807) is 10.7 Å². The maximum atomic E-state index is 13.4. The van der Waals surface area contributed by atoms with Crippen LogP contribution in [0.2, 0.25) is 0 Å². The zero-order chi connectivity index (χ0) is 23.7. The molecule has 0 fully saturated rings. The minimum absolute atomic E-state index is 0. The first-order valence-electron chi connectivity index (χ1n) is 11.0. The molecule has 7 nitrogen and oxygen atoms in total. The van der Waals surface area contributed by atoms with Crippen molar-refractivity contribution in [2.75, 3.05) is 17.3 Å². The monoisotopic (exact) mass is 480 g/mol. The number of hydrogen-bond donors (Lipinski definition) is 1. The summed E-state index contributed by atoms with van der Waals surface area (Å²) >= 11 is 0. The summed E-state index contributed by atoms with van der Waals surface area (Å²) in [5.41, 5.74) is 5.63. The van der Waals surface area contributed by atoms with Crippen LogP contribution in [-0.4, -0.2) is 33.8 Å². The molecule has 178 valence electrons. The molecule has 0 radical (unpaired) electrons. The molecule has 0 saturated carbocycles. The molecule has 3 heterocycles. The third-order valence-electron chi connectivity index (χ3n) is 6.06. The molecular weight excluding hydrogens is 451 g/mol. The van der Waals surface area contributed by atoms with E-state index in [4.69, 9.17) is 4.98 Å². The van der Waals surface area contributed by atoms with Crippen molar-refractivity contribution in [2.24, 2.45) is 5.92 Å². The van der Waals surface area contributed by atoms with Gasteiger partial charge in [0.1, 0.15) is 11.9 Å². The summed E-state index contributed by atoms with van der Waals surface area (Å²) in [6, 6.07) is 8.10. The predicted octanol–water partition coefficient (Wildman–Crippen LogP) is 3.96. The zero-order valence-corrected chi connectivity index (χ0v) is 20.8. The molecule has 0 spiro atoms. The normalized spacial score (nSPS) is 14.9. The van der Waals surface area contributed by atoms with Crippen molar-refractivity contribution < 1.29 is 9.18 Å². The fourth-order valence-electron chi connectivity index (χ4n) is 4.41. The van der Waals surface area contributed by atoms with E-state index in [0.29, 0.717) is 12.1 Å². The second-order valence-electron chi connectivity index (χ2n) is 8.84. The third kappa shape index (κ3) is 5.07. The van der Waals surface area contributed by atoms with E-state index in [1.165, 1.54) is 12.1 Å². The minimum Gasteiger partial charge on any atom is -0.361 e.